The van der Waals surface area contributed by atoms with Gasteiger partial charge in [0.15, 0.2) is 5.82 Å². The molecule has 2 aromatic heterocycles. The van der Waals surface area contributed by atoms with Gasteiger partial charge in [-0.3, -0.25) is 4.90 Å². The van der Waals surface area contributed by atoms with Crippen LogP contribution in [0, 0.1) is 5.82 Å². The van der Waals surface area contributed by atoms with E-state index < -0.39 is 0 Å². The normalized spacial score (nSPS) is 19.1. The van der Waals surface area contributed by atoms with Crippen LogP contribution in [0.4, 0.5) is 15.3 Å². The molecule has 2 fully saturated rings. The third-order valence-electron chi connectivity index (χ3n) is 6.48. The lowest BCUT2D eigenvalue weighted by Gasteiger charge is -2.40. The number of nitrogens with one attached hydrogen (secondary N) is 1. The van der Waals surface area contributed by atoms with Crippen molar-refractivity contribution in [3.63, 3.8) is 0 Å². The maximum absolute atomic E-state index is 13.5. The Kier molecular flexibility index (Phi) is 5.84. The summed E-state index contributed by atoms with van der Waals surface area (Å²) in [5, 5.41) is 9.57. The van der Waals surface area contributed by atoms with Crippen molar-refractivity contribution in [3.05, 3.63) is 30.1 Å². The maximum Gasteiger partial charge on any atom is 0.216 e. The number of imidazole rings is 1. The Morgan fingerprint density at radius 2 is 1.69 bits per heavy atom. The molecule has 1 aliphatic heterocycles. The van der Waals surface area contributed by atoms with E-state index in [4.69, 9.17) is 10.1 Å². The minimum Gasteiger partial charge on any atom is -0.364 e. The van der Waals surface area contributed by atoms with Crippen molar-refractivity contribution in [2.45, 2.75) is 64.5 Å². The van der Waals surface area contributed by atoms with Crippen LogP contribution in [0.1, 0.15) is 52.9 Å². The summed E-state index contributed by atoms with van der Waals surface area (Å²) < 4.78 is 15.4. The molecule has 32 heavy (non-hydrogen) atoms. The smallest absolute Gasteiger partial charge is 0.216 e. The van der Waals surface area contributed by atoms with Gasteiger partial charge in [-0.1, -0.05) is 30.6 Å². The van der Waals surface area contributed by atoms with E-state index in [1.807, 2.05) is 4.52 Å². The Morgan fingerprint density at radius 3 is 2.34 bits per heavy atom. The van der Waals surface area contributed by atoms with E-state index in [-0.39, 0.29) is 11.4 Å². The molecule has 2 aliphatic rings. The van der Waals surface area contributed by atoms with Crippen molar-refractivity contribution in [3.8, 4) is 11.3 Å². The molecule has 3 aromatic rings. The van der Waals surface area contributed by atoms with Gasteiger partial charge in [-0.2, -0.15) is 4.52 Å². The van der Waals surface area contributed by atoms with Gasteiger partial charge in [0.25, 0.3) is 0 Å². The third kappa shape index (κ3) is 4.48. The average molecular weight is 457 g/mol. The van der Waals surface area contributed by atoms with Gasteiger partial charge in [-0.25, -0.2) is 9.37 Å². The van der Waals surface area contributed by atoms with Crippen molar-refractivity contribution < 1.29 is 4.39 Å². The molecule has 1 aromatic carbocycles. The van der Waals surface area contributed by atoms with E-state index in [1.54, 1.807) is 23.5 Å². The van der Waals surface area contributed by atoms with Crippen LogP contribution in [-0.4, -0.2) is 57.3 Å². The van der Waals surface area contributed by atoms with Gasteiger partial charge in [0, 0.05) is 43.3 Å². The fraction of sp³-hybridized carbons (Fsp3) is 0.583. The van der Waals surface area contributed by atoms with Gasteiger partial charge in [-0.15, -0.1) is 5.10 Å². The second-order valence-corrected chi connectivity index (χ2v) is 11.0. The highest BCUT2D eigenvalue weighted by Crippen LogP contribution is 2.35. The molecule has 3 heterocycles. The number of aromatic nitrogens is 3. The molecule has 5 rings (SSSR count). The molecule has 1 saturated heterocycles. The standard InChI is InChI=1S/C24H33FN6S/c1-24(2,3)27-21-20(17-9-11-18(25)12-10-17)26-22-31(21)28-23(32-22)30-15-13-29(14-16-30)19-7-5-4-6-8-19/h9-12,19,27H,4-8,13-16H2,1-3H3. The zero-order valence-electron chi connectivity index (χ0n) is 19.3. The highest BCUT2D eigenvalue weighted by Gasteiger charge is 2.28. The molecular weight excluding hydrogens is 423 g/mol. The molecule has 172 valence electrons. The van der Waals surface area contributed by atoms with Crippen molar-refractivity contribution in [2.24, 2.45) is 0 Å². The Balaban J connectivity index is 1.39. The largest absolute Gasteiger partial charge is 0.364 e. The fourth-order valence-corrected chi connectivity index (χ4v) is 5.82. The molecule has 1 saturated carbocycles. The molecule has 0 bridgehead atoms. The molecule has 0 amide bonds. The topological polar surface area (TPSA) is 48.7 Å². The van der Waals surface area contributed by atoms with Gasteiger partial charge < -0.3 is 10.2 Å². The lowest BCUT2D eigenvalue weighted by Crippen LogP contribution is -2.50. The van der Waals surface area contributed by atoms with Crippen LogP contribution in [0.25, 0.3) is 16.2 Å². The second-order valence-electron chi connectivity index (χ2n) is 10.1. The Morgan fingerprint density at radius 1 is 1.00 bits per heavy atom. The summed E-state index contributed by atoms with van der Waals surface area (Å²) in [6.45, 7) is 10.6. The van der Waals surface area contributed by atoms with Gasteiger partial charge in [0.2, 0.25) is 10.1 Å². The van der Waals surface area contributed by atoms with Crippen LogP contribution in [0.2, 0.25) is 0 Å². The summed E-state index contributed by atoms with van der Waals surface area (Å²) >= 11 is 1.63. The molecule has 1 N–H and O–H groups in total. The minimum absolute atomic E-state index is 0.153. The lowest BCUT2D eigenvalue weighted by molar-refractivity contribution is 0.148. The Hall–Kier alpha value is -2.19. The lowest BCUT2D eigenvalue weighted by atomic mass is 9.94. The Bertz CT molecular complexity index is 1050. The van der Waals surface area contributed by atoms with Crippen molar-refractivity contribution in [1.82, 2.24) is 19.5 Å². The predicted octanol–water partition coefficient (Wildman–Crippen LogP) is 5.26. The molecular formula is C24H33FN6S. The number of rotatable bonds is 4. The highest BCUT2D eigenvalue weighted by atomic mass is 32.1. The summed E-state index contributed by atoms with van der Waals surface area (Å²) in [5.74, 6) is 0.621. The van der Waals surface area contributed by atoms with Crippen LogP contribution in [0.3, 0.4) is 0 Å². The van der Waals surface area contributed by atoms with Crippen LogP contribution in [0.15, 0.2) is 24.3 Å². The summed E-state index contributed by atoms with van der Waals surface area (Å²) in [6.07, 6.45) is 6.89. The quantitative estimate of drug-likeness (QED) is 0.580. The monoisotopic (exact) mass is 456 g/mol. The summed E-state index contributed by atoms with van der Waals surface area (Å²) in [7, 11) is 0. The maximum atomic E-state index is 13.5. The summed E-state index contributed by atoms with van der Waals surface area (Å²) in [4.78, 5) is 10.8. The zero-order chi connectivity index (χ0) is 22.3. The van der Waals surface area contributed by atoms with Gasteiger partial charge >= 0.3 is 0 Å². The molecule has 6 nitrogen and oxygen atoms in total. The van der Waals surface area contributed by atoms with E-state index in [0.29, 0.717) is 0 Å². The zero-order valence-corrected chi connectivity index (χ0v) is 20.1. The molecule has 0 unspecified atom stereocenters. The first-order valence-electron chi connectivity index (χ1n) is 11.8. The predicted molar refractivity (Wildman–Crippen MR) is 130 cm³/mol. The van der Waals surface area contributed by atoms with Crippen LogP contribution in [-0.2, 0) is 0 Å². The number of hydrogen-bond donors (Lipinski definition) is 1. The highest BCUT2D eigenvalue weighted by molar-refractivity contribution is 7.20. The van der Waals surface area contributed by atoms with E-state index in [2.05, 4.69) is 35.9 Å². The van der Waals surface area contributed by atoms with Gasteiger partial charge in [0.1, 0.15) is 11.5 Å². The SMILES string of the molecule is CC(C)(C)Nc1c(-c2ccc(F)cc2)nc2sc(N3CCN(C4CCCCC4)CC3)nn12. The number of nitrogens with zero attached hydrogens (tertiary/aromatic N) is 5. The first-order valence-corrected chi connectivity index (χ1v) is 12.6. The molecule has 0 radical (unpaired) electrons. The van der Waals surface area contributed by atoms with Gasteiger partial charge in [-0.05, 0) is 57.9 Å². The number of fused-ring (bicyclic) bond motifs is 1. The summed E-state index contributed by atoms with van der Waals surface area (Å²) in [6, 6.07) is 7.30. The molecule has 8 heteroatoms. The molecule has 0 atom stereocenters. The van der Waals surface area contributed by atoms with E-state index in [1.165, 1.54) is 44.2 Å². The Labute approximate surface area is 193 Å². The van der Waals surface area contributed by atoms with Crippen molar-refractivity contribution in [2.75, 3.05) is 36.4 Å². The minimum atomic E-state index is -0.243. The van der Waals surface area contributed by atoms with Gasteiger partial charge in [0.05, 0.1) is 0 Å². The fourth-order valence-electron chi connectivity index (χ4n) is 4.87. The molecule has 1 aliphatic carbocycles. The molecule has 0 spiro atoms. The number of piperazine rings is 1. The number of halogens is 1. The summed E-state index contributed by atoms with van der Waals surface area (Å²) in [5.41, 5.74) is 1.55. The average Bonchev–Trinajstić information content (AvgIpc) is 3.34. The second kappa shape index (κ2) is 8.63. The number of hydrogen-bond acceptors (Lipinski definition) is 6. The number of benzene rings is 1. The van der Waals surface area contributed by atoms with E-state index in [9.17, 15) is 4.39 Å². The third-order valence-corrected chi connectivity index (χ3v) is 7.45. The van der Waals surface area contributed by atoms with Crippen LogP contribution in [0.5, 0.6) is 0 Å². The van der Waals surface area contributed by atoms with Crippen LogP contribution < -0.4 is 10.2 Å². The first kappa shape index (κ1) is 21.6. The van der Waals surface area contributed by atoms with E-state index >= 15 is 0 Å². The number of anilines is 2. The van der Waals surface area contributed by atoms with E-state index in [0.717, 1.165) is 59.4 Å². The van der Waals surface area contributed by atoms with Crippen LogP contribution >= 0.6 is 11.3 Å². The van der Waals surface area contributed by atoms with Crippen molar-refractivity contribution in [1.29, 1.82) is 0 Å². The first-order chi connectivity index (χ1) is 15.4. The van der Waals surface area contributed by atoms with Crippen molar-refractivity contribution >= 4 is 27.2 Å².